The number of rotatable bonds is 1. The smallest absolute Gasteiger partial charge is 0.219 e. The van der Waals surface area contributed by atoms with E-state index in [2.05, 4.69) is 5.01 Å². The largest absolute Gasteiger partial charge is 0.508 e. The van der Waals surface area contributed by atoms with E-state index in [0.29, 0.717) is 37.4 Å². The number of fused-ring (bicyclic) bond motifs is 4. The Bertz CT molecular complexity index is 1010. The fourth-order valence-corrected chi connectivity index (χ4v) is 4.79. The SMILES string of the molecule is CC(=O)N1CCC2(CC1)Oc1ccc(Cl)cc1[C@H]1CC(c3cccc(O)c3)=NN12. The van der Waals surface area contributed by atoms with Crippen molar-refractivity contribution in [1.82, 2.24) is 9.91 Å². The van der Waals surface area contributed by atoms with Gasteiger partial charge in [-0.2, -0.15) is 5.10 Å². The molecule has 150 valence electrons. The van der Waals surface area contributed by atoms with Crippen molar-refractivity contribution in [2.45, 2.75) is 38.0 Å². The number of likely N-dealkylation sites (tertiary alicyclic amines) is 1. The number of ether oxygens (including phenoxy) is 1. The third kappa shape index (κ3) is 3.02. The summed E-state index contributed by atoms with van der Waals surface area (Å²) in [5.41, 5.74) is 2.25. The van der Waals surface area contributed by atoms with E-state index >= 15 is 0 Å². The van der Waals surface area contributed by atoms with Crippen molar-refractivity contribution in [2.24, 2.45) is 5.10 Å². The van der Waals surface area contributed by atoms with Crippen LogP contribution in [0.5, 0.6) is 11.5 Å². The van der Waals surface area contributed by atoms with Crippen LogP contribution in [0.15, 0.2) is 47.6 Å². The fourth-order valence-electron chi connectivity index (χ4n) is 4.61. The van der Waals surface area contributed by atoms with Gasteiger partial charge in [-0.3, -0.25) is 4.79 Å². The number of nitrogens with zero attached hydrogens (tertiary/aromatic N) is 3. The highest BCUT2D eigenvalue weighted by atomic mass is 35.5. The van der Waals surface area contributed by atoms with E-state index in [1.165, 1.54) is 0 Å². The maximum absolute atomic E-state index is 11.8. The number of hydrazone groups is 1. The first-order valence-electron chi connectivity index (χ1n) is 9.85. The molecule has 6 nitrogen and oxygen atoms in total. The lowest BCUT2D eigenvalue weighted by Crippen LogP contribution is -2.59. The van der Waals surface area contributed by atoms with Crippen LogP contribution in [-0.2, 0) is 4.79 Å². The van der Waals surface area contributed by atoms with E-state index in [-0.39, 0.29) is 17.7 Å². The van der Waals surface area contributed by atoms with Crippen LogP contribution >= 0.6 is 11.6 Å². The summed E-state index contributed by atoms with van der Waals surface area (Å²) in [6, 6.07) is 12.9. The molecule has 2 aromatic carbocycles. The van der Waals surface area contributed by atoms with Crippen LogP contribution in [0.4, 0.5) is 0 Å². The molecule has 1 N–H and O–H groups in total. The van der Waals surface area contributed by atoms with Crippen LogP contribution in [0.2, 0.25) is 5.02 Å². The standard InChI is InChI=1S/C22H22ClN3O3/c1-14(27)25-9-7-22(8-10-25)26-20(18-12-16(23)5-6-21(18)29-22)13-19(24-26)15-3-2-4-17(28)11-15/h2-6,11-12,20,28H,7-10,13H2,1H3/t20-/m1/s1. The molecule has 0 aliphatic carbocycles. The van der Waals surface area contributed by atoms with E-state index in [9.17, 15) is 9.90 Å². The van der Waals surface area contributed by atoms with Gasteiger partial charge in [0.25, 0.3) is 0 Å². The molecule has 1 spiro atoms. The molecule has 0 bridgehead atoms. The van der Waals surface area contributed by atoms with Crippen molar-refractivity contribution in [1.29, 1.82) is 0 Å². The lowest BCUT2D eigenvalue weighted by Gasteiger charge is -2.51. The molecule has 0 aromatic heterocycles. The molecular weight excluding hydrogens is 390 g/mol. The summed E-state index contributed by atoms with van der Waals surface area (Å²) in [6.07, 6.45) is 2.07. The Morgan fingerprint density at radius 2 is 2.03 bits per heavy atom. The minimum absolute atomic E-state index is 0.0127. The summed E-state index contributed by atoms with van der Waals surface area (Å²) in [6.45, 7) is 2.88. The monoisotopic (exact) mass is 411 g/mol. The van der Waals surface area contributed by atoms with E-state index in [1.807, 2.05) is 35.2 Å². The number of phenolic OH excluding ortho intramolecular Hbond substituents is 1. The summed E-state index contributed by atoms with van der Waals surface area (Å²) in [5, 5.41) is 17.6. The van der Waals surface area contributed by atoms with Gasteiger partial charge in [0, 0.05) is 55.4 Å². The second-order valence-corrected chi connectivity index (χ2v) is 8.33. The number of hydrogen-bond acceptors (Lipinski definition) is 5. The Morgan fingerprint density at radius 3 is 2.76 bits per heavy atom. The van der Waals surface area contributed by atoms with Crippen LogP contribution in [0.1, 0.15) is 43.4 Å². The van der Waals surface area contributed by atoms with Gasteiger partial charge >= 0.3 is 0 Å². The first kappa shape index (κ1) is 18.3. The van der Waals surface area contributed by atoms with E-state index < -0.39 is 5.72 Å². The number of halogens is 1. The molecule has 1 atom stereocenters. The Hall–Kier alpha value is -2.73. The normalized spacial score (nSPS) is 22.0. The van der Waals surface area contributed by atoms with Crippen LogP contribution in [0.3, 0.4) is 0 Å². The van der Waals surface area contributed by atoms with E-state index in [0.717, 1.165) is 22.6 Å². The number of piperidine rings is 1. The number of phenols is 1. The fraction of sp³-hybridized carbons (Fsp3) is 0.364. The highest BCUT2D eigenvalue weighted by Crippen LogP contribution is 2.50. The molecule has 1 amide bonds. The van der Waals surface area contributed by atoms with E-state index in [1.54, 1.807) is 19.1 Å². The summed E-state index contributed by atoms with van der Waals surface area (Å²) in [5.74, 6) is 1.14. The van der Waals surface area contributed by atoms with Gasteiger partial charge in [0.1, 0.15) is 11.5 Å². The molecule has 1 fully saturated rings. The minimum Gasteiger partial charge on any atom is -0.508 e. The van der Waals surface area contributed by atoms with Gasteiger partial charge in [-0.25, -0.2) is 5.01 Å². The molecular formula is C22H22ClN3O3. The molecule has 7 heteroatoms. The molecule has 0 radical (unpaired) electrons. The molecule has 3 heterocycles. The van der Waals surface area contributed by atoms with Gasteiger partial charge in [0.15, 0.2) is 0 Å². The lowest BCUT2D eigenvalue weighted by atomic mass is 9.90. The van der Waals surface area contributed by atoms with Crippen molar-refractivity contribution in [3.8, 4) is 11.5 Å². The molecule has 0 saturated carbocycles. The predicted molar refractivity (Wildman–Crippen MR) is 110 cm³/mol. The summed E-state index contributed by atoms with van der Waals surface area (Å²) < 4.78 is 6.54. The predicted octanol–water partition coefficient (Wildman–Crippen LogP) is 3.93. The molecule has 1 saturated heterocycles. The molecule has 3 aliphatic heterocycles. The van der Waals surface area contributed by atoms with Gasteiger partial charge in [-0.15, -0.1) is 0 Å². The summed E-state index contributed by atoms with van der Waals surface area (Å²) in [7, 11) is 0. The second-order valence-electron chi connectivity index (χ2n) is 7.90. The van der Waals surface area contributed by atoms with E-state index in [4.69, 9.17) is 21.4 Å². The molecule has 5 rings (SSSR count). The van der Waals surface area contributed by atoms with Gasteiger partial charge < -0.3 is 14.7 Å². The molecule has 0 unspecified atom stereocenters. The second kappa shape index (κ2) is 6.66. The zero-order chi connectivity index (χ0) is 20.2. The average molecular weight is 412 g/mol. The first-order valence-corrected chi connectivity index (χ1v) is 10.2. The van der Waals surface area contributed by atoms with Crippen molar-refractivity contribution in [3.05, 3.63) is 58.6 Å². The Labute approximate surface area is 174 Å². The van der Waals surface area contributed by atoms with Gasteiger partial charge in [-0.05, 0) is 30.3 Å². The van der Waals surface area contributed by atoms with Gasteiger partial charge in [0.05, 0.1) is 11.8 Å². The number of carbonyl (C=O) groups is 1. The summed E-state index contributed by atoms with van der Waals surface area (Å²) in [4.78, 5) is 13.7. The maximum atomic E-state index is 11.8. The topological polar surface area (TPSA) is 65.4 Å². The van der Waals surface area contributed by atoms with Crippen molar-refractivity contribution in [2.75, 3.05) is 13.1 Å². The van der Waals surface area contributed by atoms with Crippen molar-refractivity contribution < 1.29 is 14.6 Å². The highest BCUT2D eigenvalue weighted by molar-refractivity contribution is 6.30. The zero-order valence-corrected chi connectivity index (χ0v) is 16.9. The molecule has 2 aromatic rings. The Kier molecular flexibility index (Phi) is 4.21. The zero-order valence-electron chi connectivity index (χ0n) is 16.1. The van der Waals surface area contributed by atoms with Crippen LogP contribution in [0.25, 0.3) is 0 Å². The van der Waals surface area contributed by atoms with Crippen LogP contribution in [0, 0.1) is 0 Å². The Balaban J connectivity index is 1.56. The molecule has 29 heavy (non-hydrogen) atoms. The average Bonchev–Trinajstić information content (AvgIpc) is 3.16. The third-order valence-electron chi connectivity index (χ3n) is 6.13. The molecule has 3 aliphatic rings. The number of hydrogen-bond donors (Lipinski definition) is 1. The number of aromatic hydroxyl groups is 1. The highest BCUT2D eigenvalue weighted by Gasteiger charge is 2.52. The van der Waals surface area contributed by atoms with Crippen LogP contribution < -0.4 is 4.74 Å². The van der Waals surface area contributed by atoms with Crippen molar-refractivity contribution in [3.63, 3.8) is 0 Å². The van der Waals surface area contributed by atoms with Gasteiger partial charge in [-0.1, -0.05) is 23.7 Å². The third-order valence-corrected chi connectivity index (χ3v) is 6.36. The number of carbonyl (C=O) groups excluding carboxylic acids is 1. The first-order chi connectivity index (χ1) is 13.9. The van der Waals surface area contributed by atoms with Gasteiger partial charge in [0.2, 0.25) is 11.6 Å². The summed E-state index contributed by atoms with van der Waals surface area (Å²) >= 11 is 6.28. The Morgan fingerprint density at radius 1 is 1.24 bits per heavy atom. The quantitative estimate of drug-likeness (QED) is 0.772. The minimum atomic E-state index is -0.587. The maximum Gasteiger partial charge on any atom is 0.219 e. The number of amides is 1. The number of benzene rings is 2. The lowest BCUT2D eigenvalue weighted by molar-refractivity contribution is -0.158. The van der Waals surface area contributed by atoms with Crippen molar-refractivity contribution >= 4 is 23.2 Å². The van der Waals surface area contributed by atoms with Crippen LogP contribution in [-0.4, -0.2) is 45.4 Å².